The van der Waals surface area contributed by atoms with Crippen LogP contribution >= 0.6 is 0 Å². The Morgan fingerprint density at radius 2 is 1.93 bits per heavy atom. The van der Waals surface area contributed by atoms with E-state index >= 15 is 0 Å². The minimum atomic E-state index is -0.389. The first-order valence-corrected chi connectivity index (χ1v) is 4.72. The van der Waals surface area contributed by atoms with Gasteiger partial charge in [-0.05, 0) is 26.0 Å². The van der Waals surface area contributed by atoms with Crippen molar-refractivity contribution in [3.8, 4) is 5.75 Å². The van der Waals surface area contributed by atoms with Crippen LogP contribution in [0.2, 0.25) is 0 Å². The molecule has 0 radical (unpaired) electrons. The highest BCUT2D eigenvalue weighted by Gasteiger charge is 2.10. The van der Waals surface area contributed by atoms with E-state index in [-0.39, 0.29) is 12.1 Å². The third kappa shape index (κ3) is 2.64. The molecule has 0 aliphatic rings. The average Bonchev–Trinajstić information content (AvgIpc) is 2.18. The van der Waals surface area contributed by atoms with Crippen molar-refractivity contribution in [2.24, 2.45) is 0 Å². The number of nitrogens with one attached hydrogen (secondary N) is 1. The molecule has 0 bridgehead atoms. The van der Waals surface area contributed by atoms with Gasteiger partial charge in [0.25, 0.3) is 0 Å². The molecule has 0 spiro atoms. The van der Waals surface area contributed by atoms with Crippen LogP contribution in [0.1, 0.15) is 13.8 Å². The molecule has 0 aliphatic heterocycles. The van der Waals surface area contributed by atoms with Crippen LogP contribution in [0.3, 0.4) is 0 Å². The van der Waals surface area contributed by atoms with Crippen LogP contribution in [-0.2, 0) is 0 Å². The van der Waals surface area contributed by atoms with E-state index in [1.54, 1.807) is 14.0 Å². The fourth-order valence-corrected chi connectivity index (χ4v) is 1.13. The first kappa shape index (κ1) is 10.9. The molecule has 2 atom stereocenters. The summed E-state index contributed by atoms with van der Waals surface area (Å²) >= 11 is 0. The Hall–Kier alpha value is -1.22. The maximum absolute atomic E-state index is 9.34. The monoisotopic (exact) mass is 195 g/mol. The van der Waals surface area contributed by atoms with E-state index in [1.165, 1.54) is 0 Å². The molecule has 0 heterocycles. The molecule has 3 nitrogen and oxygen atoms in total. The van der Waals surface area contributed by atoms with Gasteiger partial charge >= 0.3 is 0 Å². The van der Waals surface area contributed by atoms with Crippen LogP contribution in [0, 0.1) is 0 Å². The van der Waals surface area contributed by atoms with Crippen molar-refractivity contribution in [2.75, 3.05) is 12.4 Å². The third-order valence-electron chi connectivity index (χ3n) is 2.21. The molecule has 0 saturated heterocycles. The van der Waals surface area contributed by atoms with Crippen molar-refractivity contribution in [1.82, 2.24) is 0 Å². The SMILES string of the molecule is COc1ccccc1N[C@H](C)[C@H](C)O. The number of benzene rings is 1. The average molecular weight is 195 g/mol. The fourth-order valence-electron chi connectivity index (χ4n) is 1.13. The van der Waals surface area contributed by atoms with E-state index in [0.717, 1.165) is 11.4 Å². The molecule has 0 amide bonds. The fraction of sp³-hybridized carbons (Fsp3) is 0.455. The number of aliphatic hydroxyl groups excluding tert-OH is 1. The molecule has 2 N–H and O–H groups in total. The quantitative estimate of drug-likeness (QED) is 0.770. The molecule has 1 rings (SSSR count). The van der Waals surface area contributed by atoms with Crippen LogP contribution in [0.25, 0.3) is 0 Å². The zero-order chi connectivity index (χ0) is 10.6. The predicted molar refractivity (Wildman–Crippen MR) is 57.8 cm³/mol. The molecule has 0 aromatic heterocycles. The summed E-state index contributed by atoms with van der Waals surface area (Å²) in [7, 11) is 1.63. The van der Waals surface area contributed by atoms with Gasteiger partial charge < -0.3 is 15.2 Å². The predicted octanol–water partition coefficient (Wildman–Crippen LogP) is 1.88. The lowest BCUT2D eigenvalue weighted by Gasteiger charge is -2.19. The summed E-state index contributed by atoms with van der Waals surface area (Å²) in [4.78, 5) is 0. The van der Waals surface area contributed by atoms with Crippen molar-refractivity contribution in [1.29, 1.82) is 0 Å². The van der Waals surface area contributed by atoms with E-state index in [0.29, 0.717) is 0 Å². The van der Waals surface area contributed by atoms with Gasteiger partial charge in [0.05, 0.1) is 18.9 Å². The highest BCUT2D eigenvalue weighted by Crippen LogP contribution is 2.23. The van der Waals surface area contributed by atoms with Crippen LogP contribution in [0.4, 0.5) is 5.69 Å². The molecule has 1 aromatic carbocycles. The smallest absolute Gasteiger partial charge is 0.141 e. The zero-order valence-electron chi connectivity index (χ0n) is 8.82. The number of hydrogen-bond acceptors (Lipinski definition) is 3. The Kier molecular flexibility index (Phi) is 3.77. The van der Waals surface area contributed by atoms with Crippen molar-refractivity contribution in [2.45, 2.75) is 26.0 Å². The number of aliphatic hydroxyl groups is 1. The lowest BCUT2D eigenvalue weighted by Crippen LogP contribution is -2.27. The molecule has 0 fully saturated rings. The number of rotatable bonds is 4. The molecular formula is C11H17NO2. The Balaban J connectivity index is 2.75. The Bertz CT molecular complexity index is 286. The van der Waals surface area contributed by atoms with Crippen molar-refractivity contribution >= 4 is 5.69 Å². The van der Waals surface area contributed by atoms with Gasteiger partial charge in [0.2, 0.25) is 0 Å². The topological polar surface area (TPSA) is 41.5 Å². The van der Waals surface area contributed by atoms with E-state index in [2.05, 4.69) is 5.32 Å². The van der Waals surface area contributed by atoms with Crippen LogP contribution in [0.5, 0.6) is 5.75 Å². The maximum Gasteiger partial charge on any atom is 0.141 e. The first-order valence-electron chi connectivity index (χ1n) is 4.72. The molecular weight excluding hydrogens is 178 g/mol. The minimum Gasteiger partial charge on any atom is -0.495 e. The summed E-state index contributed by atoms with van der Waals surface area (Å²) in [6.45, 7) is 3.68. The standard InChI is InChI=1S/C11H17NO2/c1-8(9(2)13)12-10-6-4-5-7-11(10)14-3/h4-9,12-13H,1-3H3/t8-,9+/m1/s1. The Labute approximate surface area is 84.7 Å². The highest BCUT2D eigenvalue weighted by molar-refractivity contribution is 5.56. The molecule has 0 saturated carbocycles. The molecule has 0 aliphatic carbocycles. The maximum atomic E-state index is 9.34. The highest BCUT2D eigenvalue weighted by atomic mass is 16.5. The Morgan fingerprint density at radius 1 is 1.29 bits per heavy atom. The van der Waals surface area contributed by atoms with E-state index in [9.17, 15) is 5.11 Å². The van der Waals surface area contributed by atoms with E-state index in [1.807, 2.05) is 31.2 Å². The normalized spacial score (nSPS) is 14.6. The lowest BCUT2D eigenvalue weighted by molar-refractivity contribution is 0.177. The lowest BCUT2D eigenvalue weighted by atomic mass is 10.2. The van der Waals surface area contributed by atoms with Gasteiger partial charge in [-0.1, -0.05) is 12.1 Å². The molecule has 3 heteroatoms. The van der Waals surface area contributed by atoms with Gasteiger partial charge in [-0.2, -0.15) is 0 Å². The molecule has 1 aromatic rings. The summed E-state index contributed by atoms with van der Waals surface area (Å²) in [6.07, 6.45) is -0.389. The molecule has 14 heavy (non-hydrogen) atoms. The van der Waals surface area contributed by atoms with Gasteiger partial charge in [0.1, 0.15) is 5.75 Å². The Morgan fingerprint density at radius 3 is 2.50 bits per heavy atom. The summed E-state index contributed by atoms with van der Waals surface area (Å²) in [5.41, 5.74) is 0.906. The second-order valence-electron chi connectivity index (χ2n) is 3.37. The van der Waals surface area contributed by atoms with Gasteiger partial charge in [-0.3, -0.25) is 0 Å². The summed E-state index contributed by atoms with van der Waals surface area (Å²) in [5, 5.41) is 12.5. The summed E-state index contributed by atoms with van der Waals surface area (Å²) in [6, 6.07) is 7.66. The number of ether oxygens (including phenoxy) is 1. The number of anilines is 1. The van der Waals surface area contributed by atoms with Gasteiger partial charge in [-0.25, -0.2) is 0 Å². The summed E-state index contributed by atoms with van der Waals surface area (Å²) < 4.78 is 5.18. The number of methoxy groups -OCH3 is 1. The van der Waals surface area contributed by atoms with Crippen LogP contribution in [0.15, 0.2) is 24.3 Å². The van der Waals surface area contributed by atoms with Gasteiger partial charge in [0, 0.05) is 6.04 Å². The van der Waals surface area contributed by atoms with Gasteiger partial charge in [-0.15, -0.1) is 0 Å². The third-order valence-corrected chi connectivity index (χ3v) is 2.21. The van der Waals surface area contributed by atoms with E-state index < -0.39 is 0 Å². The molecule has 78 valence electrons. The van der Waals surface area contributed by atoms with Crippen molar-refractivity contribution in [3.63, 3.8) is 0 Å². The van der Waals surface area contributed by atoms with Crippen molar-refractivity contribution < 1.29 is 9.84 Å². The summed E-state index contributed by atoms with van der Waals surface area (Å²) in [5.74, 6) is 0.792. The van der Waals surface area contributed by atoms with Crippen LogP contribution in [-0.4, -0.2) is 24.4 Å². The first-order chi connectivity index (χ1) is 6.65. The number of para-hydroxylation sites is 2. The van der Waals surface area contributed by atoms with Gasteiger partial charge in [0.15, 0.2) is 0 Å². The van der Waals surface area contributed by atoms with Crippen LogP contribution < -0.4 is 10.1 Å². The second-order valence-corrected chi connectivity index (χ2v) is 3.37. The zero-order valence-corrected chi connectivity index (χ0v) is 8.82. The minimum absolute atomic E-state index is 0.00583. The largest absolute Gasteiger partial charge is 0.495 e. The van der Waals surface area contributed by atoms with E-state index in [4.69, 9.17) is 4.74 Å². The molecule has 0 unspecified atom stereocenters. The number of hydrogen-bond donors (Lipinski definition) is 2. The second kappa shape index (κ2) is 4.86. The van der Waals surface area contributed by atoms with Crippen molar-refractivity contribution in [3.05, 3.63) is 24.3 Å².